The molecule has 2 aromatic carbocycles. The van der Waals surface area contributed by atoms with E-state index >= 15 is 0 Å². The average Bonchev–Trinajstić information content (AvgIpc) is 2.91. The lowest BCUT2D eigenvalue weighted by Gasteiger charge is -2.07. The van der Waals surface area contributed by atoms with Crippen LogP contribution in [0.4, 0.5) is 16.2 Å². The van der Waals surface area contributed by atoms with Gasteiger partial charge in [0.05, 0.1) is 16.4 Å². The molecular weight excluding hydrogens is 281 g/mol. The summed E-state index contributed by atoms with van der Waals surface area (Å²) in [6.45, 7) is 0. The number of halogens is 1. The molecule has 0 saturated carbocycles. The third kappa shape index (κ3) is 1.77. The van der Waals surface area contributed by atoms with Crippen LogP contribution in [0, 0.1) is 5.82 Å². The van der Waals surface area contributed by atoms with Crippen molar-refractivity contribution in [2.45, 2.75) is 0 Å². The standard InChI is InChI=1S/C16H12FN5/c17-9-1-3-10(4-2-9)22-8-7-11-13(22)6-5-12-14(11)15(18)21-16(19)20-12/h1-8H,(H4,18,19,20,21). The smallest absolute Gasteiger partial charge is 0.222 e. The minimum absolute atomic E-state index is 0.155. The minimum atomic E-state index is -0.265. The van der Waals surface area contributed by atoms with Crippen molar-refractivity contribution in [1.29, 1.82) is 0 Å². The Labute approximate surface area is 125 Å². The van der Waals surface area contributed by atoms with E-state index in [9.17, 15) is 4.39 Å². The summed E-state index contributed by atoms with van der Waals surface area (Å²) >= 11 is 0. The zero-order chi connectivity index (χ0) is 15.3. The van der Waals surface area contributed by atoms with E-state index in [2.05, 4.69) is 9.97 Å². The topological polar surface area (TPSA) is 82.7 Å². The first kappa shape index (κ1) is 12.6. The van der Waals surface area contributed by atoms with Gasteiger partial charge in [0.15, 0.2) is 0 Å². The lowest BCUT2D eigenvalue weighted by Crippen LogP contribution is -2.00. The second kappa shape index (κ2) is 4.42. The Balaban J connectivity index is 2.04. The van der Waals surface area contributed by atoms with Gasteiger partial charge in [-0.15, -0.1) is 0 Å². The number of benzene rings is 2. The van der Waals surface area contributed by atoms with Crippen molar-refractivity contribution < 1.29 is 4.39 Å². The van der Waals surface area contributed by atoms with E-state index in [0.717, 1.165) is 22.0 Å². The van der Waals surface area contributed by atoms with Crippen molar-refractivity contribution >= 4 is 33.6 Å². The van der Waals surface area contributed by atoms with E-state index < -0.39 is 0 Å². The highest BCUT2D eigenvalue weighted by atomic mass is 19.1. The molecule has 0 aliphatic rings. The lowest BCUT2D eigenvalue weighted by molar-refractivity contribution is 0.627. The van der Waals surface area contributed by atoms with Gasteiger partial charge >= 0.3 is 0 Å². The zero-order valence-corrected chi connectivity index (χ0v) is 11.5. The van der Waals surface area contributed by atoms with Gasteiger partial charge in [0.25, 0.3) is 0 Å². The maximum absolute atomic E-state index is 13.1. The molecule has 2 heterocycles. The van der Waals surface area contributed by atoms with E-state index in [0.29, 0.717) is 11.3 Å². The molecule has 4 N–H and O–H groups in total. The van der Waals surface area contributed by atoms with Crippen LogP contribution in [0.3, 0.4) is 0 Å². The summed E-state index contributed by atoms with van der Waals surface area (Å²) in [7, 11) is 0. The fourth-order valence-corrected chi connectivity index (χ4v) is 2.72. The zero-order valence-electron chi connectivity index (χ0n) is 11.5. The van der Waals surface area contributed by atoms with E-state index in [1.807, 2.05) is 29.0 Å². The fraction of sp³-hybridized carbons (Fsp3) is 0. The van der Waals surface area contributed by atoms with E-state index in [-0.39, 0.29) is 11.8 Å². The van der Waals surface area contributed by atoms with Crippen LogP contribution < -0.4 is 11.5 Å². The molecule has 0 atom stereocenters. The highest BCUT2D eigenvalue weighted by Crippen LogP contribution is 2.30. The highest BCUT2D eigenvalue weighted by molar-refractivity contribution is 6.10. The second-order valence-corrected chi connectivity index (χ2v) is 5.02. The summed E-state index contributed by atoms with van der Waals surface area (Å²) in [6.07, 6.45) is 1.91. The van der Waals surface area contributed by atoms with Crippen LogP contribution in [0.5, 0.6) is 0 Å². The Morgan fingerprint density at radius 2 is 1.68 bits per heavy atom. The Bertz CT molecular complexity index is 1000. The molecule has 108 valence electrons. The summed E-state index contributed by atoms with van der Waals surface area (Å²) < 4.78 is 15.0. The summed E-state index contributed by atoms with van der Waals surface area (Å²) in [6, 6.07) is 12.0. The van der Waals surface area contributed by atoms with Gasteiger partial charge in [-0.3, -0.25) is 0 Å². The molecule has 5 nitrogen and oxygen atoms in total. The molecule has 2 aromatic heterocycles. The van der Waals surface area contributed by atoms with Gasteiger partial charge < -0.3 is 16.0 Å². The molecule has 0 bridgehead atoms. The third-order valence-corrected chi connectivity index (χ3v) is 3.68. The largest absolute Gasteiger partial charge is 0.383 e. The maximum Gasteiger partial charge on any atom is 0.222 e. The van der Waals surface area contributed by atoms with Gasteiger partial charge in [-0.2, -0.15) is 4.98 Å². The number of hydrogen-bond donors (Lipinski definition) is 2. The van der Waals surface area contributed by atoms with Crippen LogP contribution in [0.25, 0.3) is 27.5 Å². The van der Waals surface area contributed by atoms with Gasteiger partial charge in [-0.25, -0.2) is 9.37 Å². The SMILES string of the molecule is Nc1nc(N)c2c(ccc3c2ccn3-c2ccc(F)cc2)n1. The molecule has 0 amide bonds. The molecule has 0 saturated heterocycles. The first-order valence-corrected chi connectivity index (χ1v) is 6.72. The molecule has 6 heteroatoms. The van der Waals surface area contributed by atoms with Gasteiger partial charge in [-0.05, 0) is 42.5 Å². The van der Waals surface area contributed by atoms with Crippen molar-refractivity contribution in [2.75, 3.05) is 11.5 Å². The average molecular weight is 293 g/mol. The third-order valence-electron chi connectivity index (χ3n) is 3.68. The summed E-state index contributed by atoms with van der Waals surface area (Å²) in [5.41, 5.74) is 14.2. The van der Waals surface area contributed by atoms with E-state index in [4.69, 9.17) is 11.5 Å². The first-order chi connectivity index (χ1) is 10.6. The quantitative estimate of drug-likeness (QED) is 0.565. The van der Waals surface area contributed by atoms with Crippen molar-refractivity contribution in [1.82, 2.24) is 14.5 Å². The van der Waals surface area contributed by atoms with Gasteiger partial charge in [0.1, 0.15) is 11.6 Å². The molecular formula is C16H12FN5. The molecule has 0 fully saturated rings. The summed E-state index contributed by atoms with van der Waals surface area (Å²) in [5.74, 6) is 0.242. The number of fused-ring (bicyclic) bond motifs is 3. The van der Waals surface area contributed by atoms with Crippen molar-refractivity contribution in [3.63, 3.8) is 0 Å². The number of aromatic nitrogens is 3. The summed E-state index contributed by atoms with van der Waals surface area (Å²) in [5, 5.41) is 1.70. The lowest BCUT2D eigenvalue weighted by atomic mass is 10.1. The number of anilines is 2. The predicted molar refractivity (Wildman–Crippen MR) is 85.2 cm³/mol. The second-order valence-electron chi connectivity index (χ2n) is 5.02. The molecule has 0 aliphatic carbocycles. The minimum Gasteiger partial charge on any atom is -0.383 e. The molecule has 4 rings (SSSR count). The highest BCUT2D eigenvalue weighted by Gasteiger charge is 2.11. The fourth-order valence-electron chi connectivity index (χ4n) is 2.72. The van der Waals surface area contributed by atoms with Crippen LogP contribution in [0.1, 0.15) is 0 Å². The molecule has 0 aliphatic heterocycles. The Morgan fingerprint density at radius 3 is 2.45 bits per heavy atom. The van der Waals surface area contributed by atoms with Crippen LogP contribution in [0.2, 0.25) is 0 Å². The maximum atomic E-state index is 13.1. The van der Waals surface area contributed by atoms with Gasteiger partial charge in [0.2, 0.25) is 5.95 Å². The molecule has 0 radical (unpaired) electrons. The number of hydrogen-bond acceptors (Lipinski definition) is 4. The van der Waals surface area contributed by atoms with Crippen molar-refractivity contribution in [3.8, 4) is 5.69 Å². The monoisotopic (exact) mass is 293 g/mol. The van der Waals surface area contributed by atoms with Crippen LogP contribution in [-0.4, -0.2) is 14.5 Å². The number of rotatable bonds is 1. The first-order valence-electron chi connectivity index (χ1n) is 6.72. The van der Waals surface area contributed by atoms with Crippen molar-refractivity contribution in [2.24, 2.45) is 0 Å². The summed E-state index contributed by atoms with van der Waals surface area (Å²) in [4.78, 5) is 8.24. The van der Waals surface area contributed by atoms with Crippen molar-refractivity contribution in [3.05, 3.63) is 54.5 Å². The molecule has 0 spiro atoms. The Hall–Kier alpha value is -3.15. The Kier molecular flexibility index (Phi) is 2.53. The van der Waals surface area contributed by atoms with Crippen LogP contribution in [-0.2, 0) is 0 Å². The normalized spacial score (nSPS) is 11.3. The number of nitrogens with zero attached hydrogens (tertiary/aromatic N) is 3. The number of nitrogens with two attached hydrogens (primary N) is 2. The van der Waals surface area contributed by atoms with Crippen LogP contribution in [0.15, 0.2) is 48.7 Å². The molecule has 22 heavy (non-hydrogen) atoms. The van der Waals surface area contributed by atoms with E-state index in [1.54, 1.807) is 12.1 Å². The molecule has 0 unspecified atom stereocenters. The number of nitrogen functional groups attached to an aromatic ring is 2. The van der Waals surface area contributed by atoms with Gasteiger partial charge in [-0.1, -0.05) is 0 Å². The Morgan fingerprint density at radius 1 is 0.909 bits per heavy atom. The van der Waals surface area contributed by atoms with E-state index in [1.165, 1.54) is 12.1 Å². The van der Waals surface area contributed by atoms with Crippen LogP contribution >= 0.6 is 0 Å². The van der Waals surface area contributed by atoms with Gasteiger partial charge in [0, 0.05) is 17.3 Å². The predicted octanol–water partition coefficient (Wildman–Crippen LogP) is 2.88. The molecule has 4 aromatic rings.